The monoisotopic (exact) mass is 447 g/mol. The minimum absolute atomic E-state index is 0.408. The van der Waals surface area contributed by atoms with E-state index in [2.05, 4.69) is 0 Å². The molecule has 2 bridgehead atoms. The van der Waals surface area contributed by atoms with Gasteiger partial charge in [-0.05, 0) is 17.7 Å². The van der Waals surface area contributed by atoms with Crippen molar-refractivity contribution in [2.45, 2.75) is 31.8 Å². The molecular weight excluding hydrogens is 426 g/mol. The van der Waals surface area contributed by atoms with E-state index in [1.54, 1.807) is 24.3 Å². The van der Waals surface area contributed by atoms with Crippen molar-refractivity contribution in [1.29, 1.82) is 0 Å². The van der Waals surface area contributed by atoms with Gasteiger partial charge in [-0.15, -0.1) is 0 Å². The molecule has 3 heterocycles. The van der Waals surface area contributed by atoms with Crippen LogP contribution in [0.3, 0.4) is 0 Å². The van der Waals surface area contributed by atoms with Gasteiger partial charge in [0.2, 0.25) is 11.8 Å². The molecule has 8 heteroatoms. The Labute approximate surface area is 189 Å². The Balaban J connectivity index is 1.58. The van der Waals surface area contributed by atoms with Crippen molar-refractivity contribution in [2.75, 3.05) is 4.90 Å². The summed E-state index contributed by atoms with van der Waals surface area (Å²) in [4.78, 5) is 52.0. The van der Waals surface area contributed by atoms with E-state index in [4.69, 9.17) is 14.2 Å². The van der Waals surface area contributed by atoms with Crippen molar-refractivity contribution in [1.82, 2.24) is 0 Å². The van der Waals surface area contributed by atoms with Crippen molar-refractivity contribution in [2.24, 2.45) is 11.8 Å². The molecule has 0 N–H and O–H groups in total. The molecular formula is C25H21NO7. The summed E-state index contributed by atoms with van der Waals surface area (Å²) < 4.78 is 16.5. The van der Waals surface area contributed by atoms with Gasteiger partial charge in [0.25, 0.3) is 6.29 Å². The predicted molar refractivity (Wildman–Crippen MR) is 115 cm³/mol. The highest BCUT2D eigenvalue weighted by Gasteiger charge is 2.72. The van der Waals surface area contributed by atoms with Crippen molar-refractivity contribution >= 4 is 29.4 Å². The van der Waals surface area contributed by atoms with E-state index >= 15 is 0 Å². The van der Waals surface area contributed by atoms with Crippen LogP contribution < -0.4 is 4.90 Å². The number of rotatable bonds is 5. The predicted octanol–water partition coefficient (Wildman–Crippen LogP) is 2.62. The summed E-state index contributed by atoms with van der Waals surface area (Å²) in [6.45, 7) is 2.33. The summed E-state index contributed by atoms with van der Waals surface area (Å²) in [6, 6.07) is 16.6. The van der Waals surface area contributed by atoms with Crippen LogP contribution in [0.1, 0.15) is 13.8 Å². The van der Waals surface area contributed by atoms with Crippen molar-refractivity contribution < 1.29 is 33.4 Å². The van der Waals surface area contributed by atoms with Gasteiger partial charge in [0, 0.05) is 19.4 Å². The fourth-order valence-corrected chi connectivity index (χ4v) is 4.98. The third-order valence-electron chi connectivity index (χ3n) is 6.22. The van der Waals surface area contributed by atoms with Gasteiger partial charge in [0.1, 0.15) is 0 Å². The molecule has 168 valence electrons. The average molecular weight is 447 g/mol. The zero-order valence-electron chi connectivity index (χ0n) is 18.0. The number of imide groups is 1. The Hall–Kier alpha value is -3.78. The van der Waals surface area contributed by atoms with E-state index in [-0.39, 0.29) is 0 Å². The first kappa shape index (κ1) is 21.1. The highest BCUT2D eigenvalue weighted by atomic mass is 16.7. The summed E-state index contributed by atoms with van der Waals surface area (Å²) in [5, 5.41) is 0. The number of esters is 2. The highest BCUT2D eigenvalue weighted by Crippen LogP contribution is 2.55. The van der Waals surface area contributed by atoms with Gasteiger partial charge in [-0.3, -0.25) is 19.2 Å². The summed E-state index contributed by atoms with van der Waals surface area (Å²) >= 11 is 0. The lowest BCUT2D eigenvalue weighted by Crippen LogP contribution is -2.52. The van der Waals surface area contributed by atoms with E-state index in [0.29, 0.717) is 5.69 Å². The van der Waals surface area contributed by atoms with Gasteiger partial charge in [-0.25, -0.2) is 4.90 Å². The maximum absolute atomic E-state index is 13.8. The number of amides is 2. The Morgan fingerprint density at radius 3 is 2.24 bits per heavy atom. The number of anilines is 1. The third-order valence-corrected chi connectivity index (χ3v) is 6.22. The summed E-state index contributed by atoms with van der Waals surface area (Å²) in [5.41, 5.74) is 0.469. The Bertz CT molecular complexity index is 1170. The van der Waals surface area contributed by atoms with Crippen molar-refractivity contribution in [3.63, 3.8) is 0 Å². The third kappa shape index (κ3) is 3.17. The number of carbonyl (C=O) groups excluding carboxylic acids is 4. The van der Waals surface area contributed by atoms with Crippen LogP contribution in [0.15, 0.2) is 66.7 Å². The molecule has 5 rings (SSSR count). The highest BCUT2D eigenvalue weighted by molar-refractivity contribution is 6.24. The van der Waals surface area contributed by atoms with Gasteiger partial charge in [-0.1, -0.05) is 54.6 Å². The van der Waals surface area contributed by atoms with Crippen LogP contribution in [0.4, 0.5) is 5.69 Å². The van der Waals surface area contributed by atoms with Crippen LogP contribution >= 0.6 is 0 Å². The topological polar surface area (TPSA) is 99.2 Å². The van der Waals surface area contributed by atoms with E-state index in [9.17, 15) is 19.2 Å². The number of para-hydroxylation sites is 1. The molecule has 2 aromatic carbocycles. The average Bonchev–Trinajstić information content (AvgIpc) is 3.44. The second-order valence-corrected chi connectivity index (χ2v) is 8.24. The van der Waals surface area contributed by atoms with E-state index < -0.39 is 53.6 Å². The molecule has 2 aromatic rings. The van der Waals surface area contributed by atoms with E-state index in [0.717, 1.165) is 11.1 Å². The molecule has 2 saturated heterocycles. The van der Waals surface area contributed by atoms with Gasteiger partial charge in [0.15, 0.2) is 5.60 Å². The molecule has 0 unspecified atom stereocenters. The van der Waals surface area contributed by atoms with Crippen LogP contribution in [-0.4, -0.2) is 41.7 Å². The largest absolute Gasteiger partial charge is 0.422 e. The smallest absolute Gasteiger partial charge is 0.305 e. The number of carbonyl (C=O) groups is 4. The van der Waals surface area contributed by atoms with E-state index in [1.165, 1.54) is 18.7 Å². The molecule has 8 nitrogen and oxygen atoms in total. The minimum Gasteiger partial charge on any atom is -0.422 e. The van der Waals surface area contributed by atoms with Gasteiger partial charge in [-0.2, -0.15) is 0 Å². The fourth-order valence-electron chi connectivity index (χ4n) is 4.98. The lowest BCUT2D eigenvalue weighted by Gasteiger charge is -2.34. The van der Waals surface area contributed by atoms with Gasteiger partial charge >= 0.3 is 11.9 Å². The SMILES string of the molecule is CC(=O)OC(OC(C)=O)[C@@]12C=C[C@@H](O1)[C@@H]1C(=O)N(c3ccccc3-c3ccccc3)C(=O)[C@H]12. The molecule has 3 aliphatic rings. The van der Waals surface area contributed by atoms with Crippen LogP contribution in [0, 0.1) is 11.8 Å². The molecule has 0 aromatic heterocycles. The molecule has 33 heavy (non-hydrogen) atoms. The molecule has 0 spiro atoms. The molecule has 4 atom stereocenters. The maximum atomic E-state index is 13.8. The van der Waals surface area contributed by atoms with Gasteiger partial charge in [0.05, 0.1) is 23.6 Å². The van der Waals surface area contributed by atoms with E-state index in [1.807, 2.05) is 42.5 Å². The Morgan fingerprint density at radius 2 is 1.58 bits per heavy atom. The first-order valence-corrected chi connectivity index (χ1v) is 10.6. The van der Waals surface area contributed by atoms with Gasteiger partial charge < -0.3 is 14.2 Å². The van der Waals surface area contributed by atoms with Crippen LogP contribution in [-0.2, 0) is 33.4 Å². The minimum atomic E-state index is -1.57. The van der Waals surface area contributed by atoms with Crippen LogP contribution in [0.5, 0.6) is 0 Å². The zero-order valence-corrected chi connectivity index (χ0v) is 18.0. The maximum Gasteiger partial charge on any atom is 0.305 e. The van der Waals surface area contributed by atoms with Crippen molar-refractivity contribution in [3.8, 4) is 11.1 Å². The lowest BCUT2D eigenvalue weighted by atomic mass is 9.76. The zero-order chi connectivity index (χ0) is 23.3. The van der Waals surface area contributed by atoms with Crippen LogP contribution in [0.25, 0.3) is 11.1 Å². The number of benzene rings is 2. The second-order valence-electron chi connectivity index (χ2n) is 8.24. The first-order valence-electron chi connectivity index (χ1n) is 10.6. The lowest BCUT2D eigenvalue weighted by molar-refractivity contribution is -0.226. The number of ether oxygens (including phenoxy) is 3. The molecule has 0 saturated carbocycles. The molecule has 0 radical (unpaired) electrons. The standard InChI is InChI=1S/C25H21NO7/c1-14(27)31-24(32-15(2)28)25-13-12-19(33-25)20-21(25)23(30)26(22(20)29)18-11-7-6-10-17(18)16-8-4-3-5-9-16/h3-13,19-21,24H,1-2H3/t19-,20+,21+,25+/m1/s1. The number of hydrogen-bond donors (Lipinski definition) is 0. The fraction of sp³-hybridized carbons (Fsp3) is 0.280. The molecule has 3 aliphatic heterocycles. The number of fused-ring (bicyclic) bond motifs is 5. The quantitative estimate of drug-likeness (QED) is 0.301. The summed E-state index contributed by atoms with van der Waals surface area (Å²) in [6.07, 6.45) is 1.02. The molecule has 2 amide bonds. The number of hydrogen-bond acceptors (Lipinski definition) is 7. The molecule has 2 fully saturated rings. The Morgan fingerprint density at radius 1 is 0.939 bits per heavy atom. The summed E-state index contributed by atoms with van der Waals surface area (Å²) in [7, 11) is 0. The first-order chi connectivity index (χ1) is 15.8. The Kier molecular flexibility index (Phi) is 4.90. The second kappa shape index (κ2) is 7.67. The normalized spacial score (nSPS) is 27.2. The summed E-state index contributed by atoms with van der Waals surface area (Å²) in [5.74, 6) is -4.14. The van der Waals surface area contributed by atoms with Crippen molar-refractivity contribution in [3.05, 3.63) is 66.7 Å². The molecule has 0 aliphatic carbocycles. The number of nitrogens with zero attached hydrogens (tertiary/aromatic N) is 1. The van der Waals surface area contributed by atoms with Crippen LogP contribution in [0.2, 0.25) is 0 Å².